The van der Waals surface area contributed by atoms with Crippen molar-refractivity contribution in [2.24, 2.45) is 5.73 Å². The van der Waals surface area contributed by atoms with Gasteiger partial charge in [0.2, 0.25) is 0 Å². The van der Waals surface area contributed by atoms with E-state index in [4.69, 9.17) is 10.5 Å². The van der Waals surface area contributed by atoms with E-state index in [1.165, 1.54) is 20.1 Å². The SMILES string of the molecule is COC(=O)C(C)(N)CCCOc1ccc(F)cc1[N+](=O)[O-]. The van der Waals surface area contributed by atoms with Gasteiger partial charge in [-0.25, -0.2) is 4.39 Å². The van der Waals surface area contributed by atoms with Crippen LogP contribution in [-0.4, -0.2) is 30.1 Å². The topological polar surface area (TPSA) is 105 Å². The Hall–Kier alpha value is -2.22. The van der Waals surface area contributed by atoms with E-state index in [2.05, 4.69) is 4.74 Å². The Morgan fingerprint density at radius 2 is 2.19 bits per heavy atom. The Morgan fingerprint density at radius 1 is 1.52 bits per heavy atom. The van der Waals surface area contributed by atoms with Gasteiger partial charge >= 0.3 is 11.7 Å². The van der Waals surface area contributed by atoms with Crippen LogP contribution in [-0.2, 0) is 9.53 Å². The third-order valence-corrected chi connectivity index (χ3v) is 2.87. The highest BCUT2D eigenvalue weighted by atomic mass is 19.1. The van der Waals surface area contributed by atoms with Crippen LogP contribution in [0.2, 0.25) is 0 Å². The van der Waals surface area contributed by atoms with Crippen LogP contribution in [0.25, 0.3) is 0 Å². The van der Waals surface area contributed by atoms with Crippen LogP contribution in [0.5, 0.6) is 5.75 Å². The predicted molar refractivity (Wildman–Crippen MR) is 72.4 cm³/mol. The van der Waals surface area contributed by atoms with Gasteiger partial charge in [0.15, 0.2) is 5.75 Å². The maximum absolute atomic E-state index is 13.0. The van der Waals surface area contributed by atoms with E-state index in [9.17, 15) is 19.3 Å². The molecule has 1 aromatic carbocycles. The zero-order valence-electron chi connectivity index (χ0n) is 11.8. The van der Waals surface area contributed by atoms with E-state index < -0.39 is 27.9 Å². The number of nitrogens with zero attached hydrogens (tertiary/aromatic N) is 1. The van der Waals surface area contributed by atoms with Gasteiger partial charge in [0.25, 0.3) is 0 Å². The van der Waals surface area contributed by atoms with Gasteiger partial charge in [-0.2, -0.15) is 0 Å². The second kappa shape index (κ2) is 6.98. The number of rotatable bonds is 7. The summed E-state index contributed by atoms with van der Waals surface area (Å²) in [6, 6.07) is 3.05. The fraction of sp³-hybridized carbons (Fsp3) is 0.462. The molecule has 1 unspecified atom stereocenters. The lowest BCUT2D eigenvalue weighted by molar-refractivity contribution is -0.386. The molecule has 1 rings (SSSR count). The Labute approximate surface area is 121 Å². The number of ether oxygens (including phenoxy) is 2. The number of nitrogens with two attached hydrogens (primary N) is 1. The number of hydrogen-bond acceptors (Lipinski definition) is 6. The monoisotopic (exact) mass is 300 g/mol. The van der Waals surface area contributed by atoms with Crippen molar-refractivity contribution in [3.05, 3.63) is 34.1 Å². The van der Waals surface area contributed by atoms with Crippen molar-refractivity contribution in [3.63, 3.8) is 0 Å². The second-order valence-electron chi connectivity index (χ2n) is 4.73. The molecule has 0 bridgehead atoms. The summed E-state index contributed by atoms with van der Waals surface area (Å²) in [5.74, 6) is -1.29. The highest BCUT2D eigenvalue weighted by Gasteiger charge is 2.28. The molecule has 0 saturated carbocycles. The molecule has 8 heteroatoms. The number of nitro benzene ring substituents is 1. The number of hydrogen-bond donors (Lipinski definition) is 1. The zero-order valence-corrected chi connectivity index (χ0v) is 11.8. The minimum Gasteiger partial charge on any atom is -0.487 e. The highest BCUT2D eigenvalue weighted by Crippen LogP contribution is 2.27. The van der Waals surface area contributed by atoms with Crippen molar-refractivity contribution in [2.45, 2.75) is 25.3 Å². The molecule has 2 N–H and O–H groups in total. The first kappa shape index (κ1) is 16.8. The first-order valence-electron chi connectivity index (χ1n) is 6.22. The minimum absolute atomic E-state index is 0.0295. The number of carbonyl (C=O) groups excluding carboxylic acids is 1. The lowest BCUT2D eigenvalue weighted by Crippen LogP contribution is -2.45. The molecule has 0 aliphatic carbocycles. The Bertz CT molecular complexity index is 533. The van der Waals surface area contributed by atoms with Crippen LogP contribution in [0.15, 0.2) is 18.2 Å². The number of benzene rings is 1. The molecule has 1 aromatic rings. The van der Waals surface area contributed by atoms with E-state index in [-0.39, 0.29) is 18.8 Å². The van der Waals surface area contributed by atoms with Gasteiger partial charge in [-0.1, -0.05) is 0 Å². The molecule has 0 spiro atoms. The number of esters is 1. The summed E-state index contributed by atoms with van der Waals surface area (Å²) in [4.78, 5) is 21.4. The molecule has 7 nitrogen and oxygen atoms in total. The van der Waals surface area contributed by atoms with Crippen molar-refractivity contribution in [1.82, 2.24) is 0 Å². The van der Waals surface area contributed by atoms with Crippen molar-refractivity contribution in [3.8, 4) is 5.75 Å². The summed E-state index contributed by atoms with van der Waals surface area (Å²) in [5, 5.41) is 10.8. The van der Waals surface area contributed by atoms with Gasteiger partial charge in [-0.15, -0.1) is 0 Å². The number of carbonyl (C=O) groups is 1. The quantitative estimate of drug-likeness (QED) is 0.356. The van der Waals surface area contributed by atoms with E-state index in [1.54, 1.807) is 0 Å². The first-order valence-corrected chi connectivity index (χ1v) is 6.22. The van der Waals surface area contributed by atoms with Gasteiger partial charge in [0.05, 0.1) is 24.7 Å². The summed E-state index contributed by atoms with van der Waals surface area (Å²) in [6.07, 6.45) is 0.672. The van der Waals surface area contributed by atoms with Crippen LogP contribution in [0, 0.1) is 15.9 Å². The molecular formula is C13H17FN2O5. The van der Waals surface area contributed by atoms with Gasteiger partial charge in [0.1, 0.15) is 11.4 Å². The van der Waals surface area contributed by atoms with E-state index in [0.717, 1.165) is 12.1 Å². The fourth-order valence-electron chi connectivity index (χ4n) is 1.71. The maximum Gasteiger partial charge on any atom is 0.325 e. The fourth-order valence-corrected chi connectivity index (χ4v) is 1.71. The summed E-state index contributed by atoms with van der Waals surface area (Å²) < 4.78 is 22.8. The molecule has 0 saturated heterocycles. The van der Waals surface area contributed by atoms with Crippen LogP contribution < -0.4 is 10.5 Å². The molecule has 0 aliphatic heterocycles. The zero-order chi connectivity index (χ0) is 16.0. The molecule has 0 fully saturated rings. The van der Waals surface area contributed by atoms with Crippen LogP contribution in [0.4, 0.5) is 10.1 Å². The van der Waals surface area contributed by atoms with Crippen LogP contribution in [0.3, 0.4) is 0 Å². The molecule has 0 aromatic heterocycles. The van der Waals surface area contributed by atoms with E-state index >= 15 is 0 Å². The third kappa shape index (κ3) is 4.67. The minimum atomic E-state index is -1.15. The van der Waals surface area contributed by atoms with E-state index in [0.29, 0.717) is 6.42 Å². The summed E-state index contributed by atoms with van der Waals surface area (Å²) in [5.41, 5.74) is 4.17. The number of methoxy groups -OCH3 is 1. The Morgan fingerprint density at radius 3 is 2.76 bits per heavy atom. The lowest BCUT2D eigenvalue weighted by atomic mass is 9.98. The van der Waals surface area contributed by atoms with Gasteiger partial charge in [-0.3, -0.25) is 14.9 Å². The largest absolute Gasteiger partial charge is 0.487 e. The smallest absolute Gasteiger partial charge is 0.325 e. The van der Waals surface area contributed by atoms with Crippen molar-refractivity contribution < 1.29 is 23.6 Å². The van der Waals surface area contributed by atoms with Crippen LogP contribution >= 0.6 is 0 Å². The first-order chi connectivity index (χ1) is 9.77. The Kier molecular flexibility index (Phi) is 5.60. The van der Waals surface area contributed by atoms with Gasteiger partial charge in [0, 0.05) is 0 Å². The predicted octanol–water partition coefficient (Wildman–Crippen LogP) is 1.78. The standard InChI is InChI=1S/C13H17FN2O5/c1-13(15,12(17)20-2)6-3-7-21-11-5-4-9(14)8-10(11)16(18)19/h4-5,8H,3,6-7,15H2,1-2H3. The molecule has 1 atom stereocenters. The summed E-state index contributed by atoms with van der Waals surface area (Å²) >= 11 is 0. The summed E-state index contributed by atoms with van der Waals surface area (Å²) in [6.45, 7) is 1.63. The summed E-state index contributed by atoms with van der Waals surface area (Å²) in [7, 11) is 1.24. The average molecular weight is 300 g/mol. The number of nitro groups is 1. The molecular weight excluding hydrogens is 283 g/mol. The molecule has 0 heterocycles. The molecule has 0 amide bonds. The third-order valence-electron chi connectivity index (χ3n) is 2.87. The second-order valence-corrected chi connectivity index (χ2v) is 4.73. The normalized spacial score (nSPS) is 13.3. The van der Waals surface area contributed by atoms with E-state index in [1.807, 2.05) is 0 Å². The van der Waals surface area contributed by atoms with Crippen molar-refractivity contribution in [2.75, 3.05) is 13.7 Å². The molecule has 116 valence electrons. The van der Waals surface area contributed by atoms with Gasteiger partial charge < -0.3 is 15.2 Å². The van der Waals surface area contributed by atoms with Gasteiger partial charge in [-0.05, 0) is 31.9 Å². The molecule has 0 aliphatic rings. The molecule has 0 radical (unpaired) electrons. The highest BCUT2D eigenvalue weighted by molar-refractivity contribution is 5.79. The lowest BCUT2D eigenvalue weighted by Gasteiger charge is -2.21. The Balaban J connectivity index is 2.57. The van der Waals surface area contributed by atoms with Crippen molar-refractivity contribution in [1.29, 1.82) is 0 Å². The maximum atomic E-state index is 13.0. The van der Waals surface area contributed by atoms with Crippen molar-refractivity contribution >= 4 is 11.7 Å². The average Bonchev–Trinajstić information content (AvgIpc) is 2.43. The van der Waals surface area contributed by atoms with Crippen LogP contribution in [0.1, 0.15) is 19.8 Å². The molecule has 21 heavy (non-hydrogen) atoms. The number of halogens is 1.